The van der Waals surface area contributed by atoms with Gasteiger partial charge in [-0.15, -0.1) is 0 Å². The van der Waals surface area contributed by atoms with Crippen LogP contribution in [0.1, 0.15) is 23.5 Å². The zero-order chi connectivity index (χ0) is 16.4. The second-order valence-electron chi connectivity index (χ2n) is 5.45. The van der Waals surface area contributed by atoms with Crippen LogP contribution in [-0.4, -0.2) is 18.9 Å². The minimum absolute atomic E-state index is 0.0883. The van der Waals surface area contributed by atoms with Crippen molar-refractivity contribution >= 4 is 23.2 Å². The van der Waals surface area contributed by atoms with E-state index in [-0.39, 0.29) is 18.2 Å². The molecular weight excluding hydrogens is 290 g/mol. The Hall–Kier alpha value is -3.13. The first-order chi connectivity index (χ1) is 11.1. The molecule has 2 aromatic rings. The standard InChI is InChI=1S/C18H15N3O2/c1-21-16-8-3-2-7-14(16)15(10-17(21)22)18(23)20-13-6-4-5-12(9-13)11-19/h2-9,15H,10H2,1H3,(H,20,23). The Morgan fingerprint density at radius 1 is 1.26 bits per heavy atom. The van der Waals surface area contributed by atoms with Crippen LogP contribution >= 0.6 is 0 Å². The highest BCUT2D eigenvalue weighted by molar-refractivity contribution is 6.05. The van der Waals surface area contributed by atoms with Crippen molar-refractivity contribution in [2.45, 2.75) is 12.3 Å². The zero-order valence-electron chi connectivity index (χ0n) is 12.6. The third kappa shape index (κ3) is 2.79. The molecular formula is C18H15N3O2. The number of anilines is 2. The molecule has 0 aliphatic carbocycles. The van der Waals surface area contributed by atoms with Gasteiger partial charge in [0.25, 0.3) is 0 Å². The van der Waals surface area contributed by atoms with Crippen molar-refractivity contribution in [1.29, 1.82) is 5.26 Å². The van der Waals surface area contributed by atoms with Crippen LogP contribution in [-0.2, 0) is 9.59 Å². The van der Waals surface area contributed by atoms with Gasteiger partial charge in [-0.3, -0.25) is 9.59 Å². The van der Waals surface area contributed by atoms with Gasteiger partial charge < -0.3 is 10.2 Å². The molecule has 0 saturated heterocycles. The summed E-state index contributed by atoms with van der Waals surface area (Å²) in [5.74, 6) is -0.857. The Balaban J connectivity index is 1.89. The summed E-state index contributed by atoms with van der Waals surface area (Å²) in [6.07, 6.45) is 0.136. The molecule has 5 nitrogen and oxygen atoms in total. The number of benzene rings is 2. The van der Waals surface area contributed by atoms with E-state index in [1.807, 2.05) is 30.3 Å². The number of hydrogen-bond donors (Lipinski definition) is 1. The summed E-state index contributed by atoms with van der Waals surface area (Å²) in [6, 6.07) is 16.2. The SMILES string of the molecule is CN1C(=O)CC(C(=O)Nc2cccc(C#N)c2)c2ccccc21. The third-order valence-electron chi connectivity index (χ3n) is 4.00. The molecule has 1 aliphatic rings. The molecule has 1 atom stereocenters. The van der Waals surface area contributed by atoms with Gasteiger partial charge in [0.05, 0.1) is 17.6 Å². The van der Waals surface area contributed by atoms with E-state index in [0.717, 1.165) is 11.3 Å². The van der Waals surface area contributed by atoms with Gasteiger partial charge in [0, 0.05) is 24.8 Å². The van der Waals surface area contributed by atoms with Crippen molar-refractivity contribution < 1.29 is 9.59 Å². The molecule has 0 fully saturated rings. The van der Waals surface area contributed by atoms with E-state index in [0.29, 0.717) is 11.3 Å². The first-order valence-electron chi connectivity index (χ1n) is 7.26. The predicted octanol–water partition coefficient (Wildman–Crippen LogP) is 2.65. The van der Waals surface area contributed by atoms with Crippen LogP contribution < -0.4 is 10.2 Å². The molecule has 23 heavy (non-hydrogen) atoms. The van der Waals surface area contributed by atoms with Gasteiger partial charge in [0.15, 0.2) is 0 Å². The Labute approximate surface area is 134 Å². The van der Waals surface area contributed by atoms with Crippen LogP contribution in [0.3, 0.4) is 0 Å². The first-order valence-corrected chi connectivity index (χ1v) is 7.26. The summed E-state index contributed by atoms with van der Waals surface area (Å²) in [4.78, 5) is 26.3. The maximum atomic E-state index is 12.6. The predicted molar refractivity (Wildman–Crippen MR) is 87.0 cm³/mol. The zero-order valence-corrected chi connectivity index (χ0v) is 12.6. The minimum Gasteiger partial charge on any atom is -0.326 e. The van der Waals surface area contributed by atoms with Gasteiger partial charge in [-0.25, -0.2) is 0 Å². The van der Waals surface area contributed by atoms with Crippen LogP contribution in [0, 0.1) is 11.3 Å². The molecule has 0 spiro atoms. The second kappa shape index (κ2) is 5.93. The van der Waals surface area contributed by atoms with E-state index < -0.39 is 5.92 Å². The average molecular weight is 305 g/mol. The van der Waals surface area contributed by atoms with Crippen molar-refractivity contribution in [3.8, 4) is 6.07 Å². The molecule has 1 N–H and O–H groups in total. The van der Waals surface area contributed by atoms with Gasteiger partial charge >= 0.3 is 0 Å². The van der Waals surface area contributed by atoms with Gasteiger partial charge in [-0.2, -0.15) is 5.26 Å². The molecule has 2 amide bonds. The number of nitriles is 1. The van der Waals surface area contributed by atoms with Gasteiger partial charge in [-0.1, -0.05) is 24.3 Å². The van der Waals surface area contributed by atoms with Gasteiger partial charge in [0.2, 0.25) is 11.8 Å². The molecule has 5 heteroatoms. The molecule has 1 unspecified atom stereocenters. The largest absolute Gasteiger partial charge is 0.326 e. The van der Waals surface area contributed by atoms with E-state index in [1.165, 1.54) is 0 Å². The third-order valence-corrected chi connectivity index (χ3v) is 4.00. The van der Waals surface area contributed by atoms with Crippen molar-refractivity contribution in [3.05, 3.63) is 59.7 Å². The summed E-state index contributed by atoms with van der Waals surface area (Å²) < 4.78 is 0. The van der Waals surface area contributed by atoms with E-state index in [9.17, 15) is 9.59 Å². The lowest BCUT2D eigenvalue weighted by atomic mass is 9.89. The number of hydrogen-bond acceptors (Lipinski definition) is 3. The van der Waals surface area contributed by atoms with Crippen LogP contribution in [0.4, 0.5) is 11.4 Å². The smallest absolute Gasteiger partial charge is 0.232 e. The average Bonchev–Trinajstić information content (AvgIpc) is 2.58. The van der Waals surface area contributed by atoms with Crippen LogP contribution in [0.25, 0.3) is 0 Å². The molecule has 1 aliphatic heterocycles. The lowest BCUT2D eigenvalue weighted by Crippen LogP contribution is -2.37. The fraction of sp³-hybridized carbons (Fsp3) is 0.167. The number of nitrogens with zero attached hydrogens (tertiary/aromatic N) is 2. The monoisotopic (exact) mass is 305 g/mol. The topological polar surface area (TPSA) is 73.2 Å². The Morgan fingerprint density at radius 2 is 2.04 bits per heavy atom. The number of nitrogens with one attached hydrogen (secondary N) is 1. The highest BCUT2D eigenvalue weighted by atomic mass is 16.2. The van der Waals surface area contributed by atoms with E-state index >= 15 is 0 Å². The summed E-state index contributed by atoms with van der Waals surface area (Å²) in [5, 5.41) is 11.7. The first kappa shape index (κ1) is 14.8. The van der Waals surface area contributed by atoms with E-state index in [4.69, 9.17) is 5.26 Å². The minimum atomic E-state index is -0.527. The number of amides is 2. The summed E-state index contributed by atoms with van der Waals surface area (Å²) in [7, 11) is 1.71. The Bertz CT molecular complexity index is 823. The highest BCUT2D eigenvalue weighted by Gasteiger charge is 2.33. The highest BCUT2D eigenvalue weighted by Crippen LogP contribution is 2.35. The number of carbonyl (C=O) groups is 2. The fourth-order valence-corrected chi connectivity index (χ4v) is 2.77. The van der Waals surface area contributed by atoms with E-state index in [2.05, 4.69) is 5.32 Å². The van der Waals surface area contributed by atoms with Crippen LogP contribution in [0.5, 0.6) is 0 Å². The van der Waals surface area contributed by atoms with Crippen molar-refractivity contribution in [2.24, 2.45) is 0 Å². The number of carbonyl (C=O) groups excluding carboxylic acids is 2. The molecule has 3 rings (SSSR count). The Kier molecular flexibility index (Phi) is 3.82. The number of para-hydroxylation sites is 1. The molecule has 0 radical (unpaired) electrons. The summed E-state index contributed by atoms with van der Waals surface area (Å²) in [6.45, 7) is 0. The quantitative estimate of drug-likeness (QED) is 0.927. The van der Waals surface area contributed by atoms with Gasteiger partial charge in [0.1, 0.15) is 0 Å². The summed E-state index contributed by atoms with van der Waals surface area (Å²) in [5.41, 5.74) is 2.62. The molecule has 0 aromatic heterocycles. The molecule has 0 bridgehead atoms. The maximum Gasteiger partial charge on any atom is 0.232 e. The molecule has 1 heterocycles. The number of rotatable bonds is 2. The Morgan fingerprint density at radius 3 is 2.83 bits per heavy atom. The van der Waals surface area contributed by atoms with Crippen LogP contribution in [0.15, 0.2) is 48.5 Å². The molecule has 114 valence electrons. The van der Waals surface area contributed by atoms with Crippen LogP contribution in [0.2, 0.25) is 0 Å². The second-order valence-corrected chi connectivity index (χ2v) is 5.45. The lowest BCUT2D eigenvalue weighted by Gasteiger charge is -2.30. The van der Waals surface area contributed by atoms with Crippen molar-refractivity contribution in [1.82, 2.24) is 0 Å². The summed E-state index contributed by atoms with van der Waals surface area (Å²) >= 11 is 0. The lowest BCUT2D eigenvalue weighted by molar-refractivity contribution is -0.124. The number of fused-ring (bicyclic) bond motifs is 1. The van der Waals surface area contributed by atoms with E-state index in [1.54, 1.807) is 36.2 Å². The normalized spacial score (nSPS) is 16.4. The van der Waals surface area contributed by atoms with Gasteiger partial charge in [-0.05, 0) is 29.8 Å². The molecule has 2 aromatic carbocycles. The fourth-order valence-electron chi connectivity index (χ4n) is 2.77. The van der Waals surface area contributed by atoms with Crippen molar-refractivity contribution in [3.63, 3.8) is 0 Å². The van der Waals surface area contributed by atoms with Crippen molar-refractivity contribution in [2.75, 3.05) is 17.3 Å². The maximum absolute atomic E-state index is 12.6. The molecule has 0 saturated carbocycles.